The summed E-state index contributed by atoms with van der Waals surface area (Å²) in [6, 6.07) is 7.09. The third-order valence-electron chi connectivity index (χ3n) is 4.12. The van der Waals surface area contributed by atoms with Gasteiger partial charge in [0.15, 0.2) is 0 Å². The molecule has 2 aromatic rings. The van der Waals surface area contributed by atoms with Crippen LogP contribution in [0.15, 0.2) is 35.3 Å². The number of pyridine rings is 1. The zero-order chi connectivity index (χ0) is 16.1. The first-order valence-electron chi connectivity index (χ1n) is 8.18. The second kappa shape index (κ2) is 7.59. The highest BCUT2D eigenvalue weighted by Gasteiger charge is 2.17. The van der Waals surface area contributed by atoms with Crippen LogP contribution in [-0.4, -0.2) is 17.1 Å². The Balaban J connectivity index is 1.50. The Kier molecular flexibility index (Phi) is 5.28. The standard InChI is InChI=1S/C18H21NO3S/c20-17-9-4-5-10-19(17)11-6-12-22-18(21)16-13-14-7-2-1-3-8-15(14)23-16/h4-5,9-10,13H,1-3,6-8,11-12H2. The van der Waals surface area contributed by atoms with Crippen molar-refractivity contribution in [2.45, 2.75) is 45.1 Å². The Morgan fingerprint density at radius 1 is 1.22 bits per heavy atom. The second-order valence-electron chi connectivity index (χ2n) is 5.84. The summed E-state index contributed by atoms with van der Waals surface area (Å²) in [5, 5.41) is 0. The van der Waals surface area contributed by atoms with E-state index in [4.69, 9.17) is 4.74 Å². The van der Waals surface area contributed by atoms with Gasteiger partial charge in [0.2, 0.25) is 5.56 Å². The van der Waals surface area contributed by atoms with Gasteiger partial charge in [-0.05, 0) is 49.8 Å². The first-order valence-corrected chi connectivity index (χ1v) is 9.00. The molecule has 3 rings (SSSR count). The van der Waals surface area contributed by atoms with E-state index in [9.17, 15) is 9.59 Å². The molecule has 0 saturated carbocycles. The molecule has 1 aliphatic rings. The Hall–Kier alpha value is -1.88. The van der Waals surface area contributed by atoms with Crippen molar-refractivity contribution in [1.29, 1.82) is 0 Å². The van der Waals surface area contributed by atoms with Crippen LogP contribution in [0.3, 0.4) is 0 Å². The van der Waals surface area contributed by atoms with E-state index in [1.54, 1.807) is 28.2 Å². The summed E-state index contributed by atoms with van der Waals surface area (Å²) in [7, 11) is 0. The van der Waals surface area contributed by atoms with E-state index in [1.807, 2.05) is 12.1 Å². The van der Waals surface area contributed by atoms with E-state index in [-0.39, 0.29) is 11.5 Å². The molecular weight excluding hydrogens is 310 g/mol. The lowest BCUT2D eigenvalue weighted by atomic mass is 10.1. The molecule has 0 fully saturated rings. The van der Waals surface area contributed by atoms with Gasteiger partial charge in [-0.2, -0.15) is 0 Å². The molecule has 0 amide bonds. The number of aromatic nitrogens is 1. The monoisotopic (exact) mass is 331 g/mol. The van der Waals surface area contributed by atoms with Crippen LogP contribution in [-0.2, 0) is 24.1 Å². The second-order valence-corrected chi connectivity index (χ2v) is 6.98. The largest absolute Gasteiger partial charge is 0.461 e. The van der Waals surface area contributed by atoms with Crippen molar-refractivity contribution in [2.75, 3.05) is 6.61 Å². The molecular formula is C18H21NO3S. The van der Waals surface area contributed by atoms with E-state index >= 15 is 0 Å². The molecule has 122 valence electrons. The fraction of sp³-hybridized carbons (Fsp3) is 0.444. The van der Waals surface area contributed by atoms with E-state index < -0.39 is 0 Å². The number of hydrogen-bond acceptors (Lipinski definition) is 4. The molecule has 0 unspecified atom stereocenters. The average Bonchev–Trinajstić information content (AvgIpc) is 2.84. The van der Waals surface area contributed by atoms with Crippen molar-refractivity contribution >= 4 is 17.3 Å². The van der Waals surface area contributed by atoms with Crippen LogP contribution in [0.4, 0.5) is 0 Å². The molecule has 5 heteroatoms. The number of rotatable bonds is 5. The van der Waals surface area contributed by atoms with E-state index in [0.29, 0.717) is 24.4 Å². The molecule has 0 saturated heterocycles. The quantitative estimate of drug-likeness (QED) is 0.479. The highest BCUT2D eigenvalue weighted by Crippen LogP contribution is 2.29. The van der Waals surface area contributed by atoms with Gasteiger partial charge >= 0.3 is 5.97 Å². The number of ether oxygens (including phenoxy) is 1. The summed E-state index contributed by atoms with van der Waals surface area (Å²) in [6.07, 6.45) is 8.26. The maximum atomic E-state index is 12.1. The van der Waals surface area contributed by atoms with Crippen molar-refractivity contribution in [2.24, 2.45) is 0 Å². The molecule has 0 aromatic carbocycles. The van der Waals surface area contributed by atoms with Crippen LogP contribution in [0.2, 0.25) is 0 Å². The number of esters is 1. The van der Waals surface area contributed by atoms with Gasteiger partial charge in [-0.3, -0.25) is 4.79 Å². The van der Waals surface area contributed by atoms with Gasteiger partial charge in [0.25, 0.3) is 0 Å². The maximum Gasteiger partial charge on any atom is 0.348 e. The molecule has 0 aliphatic heterocycles. The van der Waals surface area contributed by atoms with Gasteiger partial charge in [-0.1, -0.05) is 12.5 Å². The molecule has 23 heavy (non-hydrogen) atoms. The van der Waals surface area contributed by atoms with Crippen molar-refractivity contribution in [3.05, 3.63) is 56.1 Å². The molecule has 2 heterocycles. The van der Waals surface area contributed by atoms with E-state index in [2.05, 4.69) is 0 Å². The van der Waals surface area contributed by atoms with Gasteiger partial charge < -0.3 is 9.30 Å². The average molecular weight is 331 g/mol. The van der Waals surface area contributed by atoms with E-state index in [0.717, 1.165) is 12.8 Å². The third-order valence-corrected chi connectivity index (χ3v) is 5.34. The number of nitrogens with zero attached hydrogens (tertiary/aromatic N) is 1. The minimum Gasteiger partial charge on any atom is -0.461 e. The topological polar surface area (TPSA) is 48.3 Å². The Morgan fingerprint density at radius 2 is 2.09 bits per heavy atom. The van der Waals surface area contributed by atoms with Gasteiger partial charge in [0.05, 0.1) is 6.61 Å². The summed E-state index contributed by atoms with van der Waals surface area (Å²) in [5.74, 6) is -0.233. The summed E-state index contributed by atoms with van der Waals surface area (Å²) >= 11 is 1.58. The van der Waals surface area contributed by atoms with Crippen LogP contribution in [0, 0.1) is 0 Å². The molecule has 0 atom stereocenters. The Labute approximate surface area is 139 Å². The van der Waals surface area contributed by atoms with Gasteiger partial charge in [0, 0.05) is 23.7 Å². The zero-order valence-corrected chi connectivity index (χ0v) is 13.9. The van der Waals surface area contributed by atoms with Gasteiger partial charge in [-0.25, -0.2) is 4.79 Å². The Morgan fingerprint density at radius 3 is 2.96 bits per heavy atom. The van der Waals surface area contributed by atoms with Crippen LogP contribution in [0.1, 0.15) is 45.8 Å². The van der Waals surface area contributed by atoms with Crippen molar-refractivity contribution in [3.8, 4) is 0 Å². The lowest BCUT2D eigenvalue weighted by Gasteiger charge is -2.05. The summed E-state index contributed by atoms with van der Waals surface area (Å²) in [6.45, 7) is 0.899. The van der Waals surface area contributed by atoms with Crippen LogP contribution in [0.5, 0.6) is 0 Å². The molecule has 0 bridgehead atoms. The highest BCUT2D eigenvalue weighted by molar-refractivity contribution is 7.14. The van der Waals surface area contributed by atoms with Gasteiger partial charge in [-0.15, -0.1) is 11.3 Å². The minimum atomic E-state index is -0.233. The molecule has 0 spiro atoms. The molecule has 4 nitrogen and oxygen atoms in total. The molecule has 0 radical (unpaired) electrons. The number of aryl methyl sites for hydroxylation is 3. The number of fused-ring (bicyclic) bond motifs is 1. The summed E-state index contributed by atoms with van der Waals surface area (Å²) < 4.78 is 6.98. The lowest BCUT2D eigenvalue weighted by Crippen LogP contribution is -2.19. The molecule has 2 aromatic heterocycles. The van der Waals surface area contributed by atoms with Crippen LogP contribution < -0.4 is 5.56 Å². The molecule has 0 N–H and O–H groups in total. The Bertz CT molecular complexity index is 708. The fourth-order valence-electron chi connectivity index (χ4n) is 2.88. The van der Waals surface area contributed by atoms with Crippen LogP contribution in [0.25, 0.3) is 0 Å². The van der Waals surface area contributed by atoms with E-state index in [1.165, 1.54) is 35.8 Å². The van der Waals surface area contributed by atoms with Crippen molar-refractivity contribution in [1.82, 2.24) is 4.57 Å². The SMILES string of the molecule is O=C(OCCCn1ccccc1=O)c1cc2c(s1)CCCCC2. The maximum absolute atomic E-state index is 12.1. The lowest BCUT2D eigenvalue weighted by molar-refractivity contribution is 0.0501. The smallest absolute Gasteiger partial charge is 0.348 e. The highest BCUT2D eigenvalue weighted by atomic mass is 32.1. The van der Waals surface area contributed by atoms with Crippen LogP contribution >= 0.6 is 11.3 Å². The third kappa shape index (κ3) is 4.10. The number of thiophene rings is 1. The molecule has 1 aliphatic carbocycles. The predicted molar refractivity (Wildman–Crippen MR) is 91.2 cm³/mol. The summed E-state index contributed by atoms with van der Waals surface area (Å²) in [4.78, 5) is 25.8. The van der Waals surface area contributed by atoms with Crippen molar-refractivity contribution < 1.29 is 9.53 Å². The summed E-state index contributed by atoms with van der Waals surface area (Å²) in [5.41, 5.74) is 1.30. The number of carbonyl (C=O) groups excluding carboxylic acids is 1. The minimum absolute atomic E-state index is 0.0270. The first-order chi connectivity index (χ1) is 11.2. The normalized spacial score (nSPS) is 14.1. The number of hydrogen-bond donors (Lipinski definition) is 0. The first kappa shape index (κ1) is 16.0. The zero-order valence-electron chi connectivity index (χ0n) is 13.1. The van der Waals surface area contributed by atoms with Crippen molar-refractivity contribution in [3.63, 3.8) is 0 Å². The van der Waals surface area contributed by atoms with Gasteiger partial charge in [0.1, 0.15) is 4.88 Å². The fourth-order valence-corrected chi connectivity index (χ4v) is 4.03. The predicted octanol–water partition coefficient (Wildman–Crippen LogP) is 3.43. The number of carbonyl (C=O) groups is 1.